The average molecular weight is 297 g/mol. The Hall–Kier alpha value is -0.810. The summed E-state index contributed by atoms with van der Waals surface area (Å²) in [6, 6.07) is 0.227. The van der Waals surface area contributed by atoms with Gasteiger partial charge in [0.05, 0.1) is 0 Å². The number of hydrogen-bond donors (Lipinski definition) is 1. The van der Waals surface area contributed by atoms with Crippen molar-refractivity contribution in [3.05, 3.63) is 0 Å². The monoisotopic (exact) mass is 297 g/mol. The third kappa shape index (κ3) is 5.15. The molecule has 2 aliphatic heterocycles. The van der Waals surface area contributed by atoms with Gasteiger partial charge in [-0.05, 0) is 59.5 Å². The number of hydrogen-bond acceptors (Lipinski definition) is 4. The minimum absolute atomic E-state index is 0.172. The normalized spacial score (nSPS) is 28.5. The van der Waals surface area contributed by atoms with E-state index in [9.17, 15) is 4.79 Å². The molecular weight excluding hydrogens is 266 g/mol. The van der Waals surface area contributed by atoms with Gasteiger partial charge in [0, 0.05) is 32.2 Å². The Kier molecular flexibility index (Phi) is 5.49. The predicted octanol–water partition coefficient (Wildman–Crippen LogP) is 1.93. The van der Waals surface area contributed by atoms with Crippen LogP contribution < -0.4 is 5.32 Å². The molecule has 0 aromatic heterocycles. The highest BCUT2D eigenvalue weighted by atomic mass is 16.6. The molecule has 1 unspecified atom stereocenters. The highest BCUT2D eigenvalue weighted by molar-refractivity contribution is 5.68. The Morgan fingerprint density at radius 1 is 1.33 bits per heavy atom. The van der Waals surface area contributed by atoms with E-state index in [4.69, 9.17) is 4.74 Å². The van der Waals surface area contributed by atoms with Crippen LogP contribution in [0.5, 0.6) is 0 Å². The van der Waals surface area contributed by atoms with E-state index >= 15 is 0 Å². The summed E-state index contributed by atoms with van der Waals surface area (Å²) in [6.07, 6.45) is 2.44. The Bertz CT molecular complexity index is 348. The van der Waals surface area contributed by atoms with Gasteiger partial charge in [-0.2, -0.15) is 0 Å². The second kappa shape index (κ2) is 6.97. The number of ether oxygens (including phenoxy) is 1. The summed E-state index contributed by atoms with van der Waals surface area (Å²) in [5.74, 6) is 0.763. The molecule has 0 saturated carbocycles. The fourth-order valence-corrected chi connectivity index (χ4v) is 3.24. The van der Waals surface area contributed by atoms with E-state index in [1.807, 2.05) is 25.7 Å². The molecule has 0 aromatic carbocycles. The van der Waals surface area contributed by atoms with E-state index < -0.39 is 5.60 Å². The molecule has 122 valence electrons. The van der Waals surface area contributed by atoms with Crippen LogP contribution in [0.15, 0.2) is 0 Å². The van der Waals surface area contributed by atoms with Crippen LogP contribution in [-0.2, 0) is 4.74 Å². The van der Waals surface area contributed by atoms with E-state index in [1.54, 1.807) is 0 Å². The van der Waals surface area contributed by atoms with Gasteiger partial charge >= 0.3 is 6.09 Å². The van der Waals surface area contributed by atoms with Crippen molar-refractivity contribution in [3.63, 3.8) is 0 Å². The van der Waals surface area contributed by atoms with Gasteiger partial charge in [0.25, 0.3) is 0 Å². The van der Waals surface area contributed by atoms with Gasteiger partial charge in [0.2, 0.25) is 0 Å². The van der Waals surface area contributed by atoms with Crippen molar-refractivity contribution in [3.8, 4) is 0 Å². The zero-order chi connectivity index (χ0) is 15.5. The highest BCUT2D eigenvalue weighted by Crippen LogP contribution is 2.18. The molecule has 2 rings (SSSR count). The lowest BCUT2D eigenvalue weighted by molar-refractivity contribution is -0.000579. The standard InChI is InChI=1S/C16H31N3O2/c1-13-11-18(12-14-6-5-7-17-10-14)8-9-19(13)15(20)21-16(2,3)4/h13-14,17H,5-12H2,1-4H3/t13-,14?/m0/s1. The first kappa shape index (κ1) is 16.6. The van der Waals surface area contributed by atoms with Crippen LogP contribution in [0, 0.1) is 5.92 Å². The first-order valence-electron chi connectivity index (χ1n) is 8.28. The maximum Gasteiger partial charge on any atom is 0.410 e. The Balaban J connectivity index is 1.79. The van der Waals surface area contributed by atoms with Crippen molar-refractivity contribution in [2.45, 2.75) is 52.2 Å². The van der Waals surface area contributed by atoms with Gasteiger partial charge in [-0.15, -0.1) is 0 Å². The number of carbonyl (C=O) groups excluding carboxylic acids is 1. The SMILES string of the molecule is C[C@H]1CN(CC2CCCNC2)CCN1C(=O)OC(C)(C)C. The van der Waals surface area contributed by atoms with Gasteiger partial charge < -0.3 is 15.0 Å². The number of nitrogens with zero attached hydrogens (tertiary/aromatic N) is 2. The van der Waals surface area contributed by atoms with Crippen LogP contribution in [0.3, 0.4) is 0 Å². The maximum absolute atomic E-state index is 12.2. The summed E-state index contributed by atoms with van der Waals surface area (Å²) in [6.45, 7) is 14.0. The number of piperidine rings is 1. The van der Waals surface area contributed by atoms with Crippen LogP contribution in [0.4, 0.5) is 4.79 Å². The van der Waals surface area contributed by atoms with Gasteiger partial charge in [-0.3, -0.25) is 4.90 Å². The number of rotatable bonds is 2. The van der Waals surface area contributed by atoms with Crippen molar-refractivity contribution in [2.75, 3.05) is 39.3 Å². The van der Waals surface area contributed by atoms with Crippen LogP contribution >= 0.6 is 0 Å². The highest BCUT2D eigenvalue weighted by Gasteiger charge is 2.31. The molecule has 0 bridgehead atoms. The topological polar surface area (TPSA) is 44.8 Å². The van der Waals surface area contributed by atoms with Crippen LogP contribution in [-0.4, -0.2) is 66.8 Å². The lowest BCUT2D eigenvalue weighted by Gasteiger charge is -2.41. The molecule has 5 nitrogen and oxygen atoms in total. The van der Waals surface area contributed by atoms with E-state index in [-0.39, 0.29) is 12.1 Å². The smallest absolute Gasteiger partial charge is 0.410 e. The van der Waals surface area contributed by atoms with Crippen molar-refractivity contribution < 1.29 is 9.53 Å². The minimum Gasteiger partial charge on any atom is -0.444 e. The molecule has 2 heterocycles. The van der Waals surface area contributed by atoms with E-state index in [0.717, 1.165) is 38.6 Å². The minimum atomic E-state index is -0.415. The fourth-order valence-electron chi connectivity index (χ4n) is 3.24. The Labute approximate surface area is 129 Å². The predicted molar refractivity (Wildman–Crippen MR) is 84.4 cm³/mol. The summed E-state index contributed by atoms with van der Waals surface area (Å²) in [7, 11) is 0. The zero-order valence-corrected chi connectivity index (χ0v) is 14.0. The molecule has 2 atom stereocenters. The maximum atomic E-state index is 12.2. The van der Waals surface area contributed by atoms with Gasteiger partial charge in [0.15, 0.2) is 0 Å². The molecule has 1 amide bonds. The lowest BCUT2D eigenvalue weighted by atomic mass is 9.98. The molecule has 2 saturated heterocycles. The third-order valence-electron chi connectivity index (χ3n) is 4.25. The lowest BCUT2D eigenvalue weighted by Crippen LogP contribution is -2.56. The molecule has 2 aliphatic rings. The van der Waals surface area contributed by atoms with Crippen molar-refractivity contribution in [1.29, 1.82) is 0 Å². The van der Waals surface area contributed by atoms with Crippen LogP contribution in [0.25, 0.3) is 0 Å². The molecule has 0 radical (unpaired) electrons. The van der Waals surface area contributed by atoms with Crippen molar-refractivity contribution in [2.24, 2.45) is 5.92 Å². The summed E-state index contributed by atoms with van der Waals surface area (Å²) in [5.41, 5.74) is -0.415. The first-order valence-corrected chi connectivity index (χ1v) is 8.28. The average Bonchev–Trinajstić information content (AvgIpc) is 2.37. The van der Waals surface area contributed by atoms with Crippen LogP contribution in [0.1, 0.15) is 40.5 Å². The Morgan fingerprint density at radius 2 is 2.10 bits per heavy atom. The molecule has 21 heavy (non-hydrogen) atoms. The second-order valence-corrected chi connectivity index (χ2v) is 7.49. The number of piperazine rings is 1. The molecule has 5 heteroatoms. The molecular formula is C16H31N3O2. The molecule has 0 spiro atoms. The van der Waals surface area contributed by atoms with E-state index in [2.05, 4.69) is 17.1 Å². The number of nitrogens with one attached hydrogen (secondary N) is 1. The van der Waals surface area contributed by atoms with Gasteiger partial charge in [-0.25, -0.2) is 4.79 Å². The van der Waals surface area contributed by atoms with Crippen LogP contribution in [0.2, 0.25) is 0 Å². The number of carbonyl (C=O) groups is 1. The molecule has 1 N–H and O–H groups in total. The fraction of sp³-hybridized carbons (Fsp3) is 0.938. The molecule has 0 aliphatic carbocycles. The van der Waals surface area contributed by atoms with E-state index in [1.165, 1.54) is 19.4 Å². The quantitative estimate of drug-likeness (QED) is 0.846. The first-order chi connectivity index (χ1) is 9.85. The second-order valence-electron chi connectivity index (χ2n) is 7.49. The van der Waals surface area contributed by atoms with Crippen molar-refractivity contribution >= 4 is 6.09 Å². The summed E-state index contributed by atoms with van der Waals surface area (Å²) < 4.78 is 5.49. The summed E-state index contributed by atoms with van der Waals surface area (Å²) in [4.78, 5) is 16.6. The van der Waals surface area contributed by atoms with Gasteiger partial charge in [0.1, 0.15) is 5.60 Å². The van der Waals surface area contributed by atoms with Gasteiger partial charge in [-0.1, -0.05) is 0 Å². The molecule has 2 fully saturated rings. The zero-order valence-electron chi connectivity index (χ0n) is 14.0. The largest absolute Gasteiger partial charge is 0.444 e. The third-order valence-corrected chi connectivity index (χ3v) is 4.25. The number of amides is 1. The summed E-state index contributed by atoms with van der Waals surface area (Å²) in [5, 5.41) is 3.48. The molecule has 0 aromatic rings. The van der Waals surface area contributed by atoms with Crippen molar-refractivity contribution in [1.82, 2.24) is 15.1 Å². The Morgan fingerprint density at radius 3 is 2.67 bits per heavy atom. The summed E-state index contributed by atoms with van der Waals surface area (Å²) >= 11 is 0. The van der Waals surface area contributed by atoms with E-state index in [0.29, 0.717) is 0 Å².